The summed E-state index contributed by atoms with van der Waals surface area (Å²) in [7, 11) is 1.53. The van der Waals surface area contributed by atoms with Gasteiger partial charge in [0.05, 0.1) is 18.1 Å². The Morgan fingerprint density at radius 1 is 1.16 bits per heavy atom. The van der Waals surface area contributed by atoms with Gasteiger partial charge in [0.2, 0.25) is 5.91 Å². The zero-order valence-electron chi connectivity index (χ0n) is 17.2. The maximum atomic E-state index is 12.7. The molecule has 0 bridgehead atoms. The number of nitrogens with one attached hydrogen (secondary N) is 1. The van der Waals surface area contributed by atoms with E-state index < -0.39 is 17.1 Å². The third kappa shape index (κ3) is 5.89. The molecule has 0 aromatic heterocycles. The van der Waals surface area contributed by atoms with E-state index in [9.17, 15) is 14.4 Å². The quantitative estimate of drug-likeness (QED) is 0.538. The fraction of sp³-hybridized carbons (Fsp3) is 0.227. The first-order valence-corrected chi connectivity index (χ1v) is 11.0. The molecule has 7 nitrogen and oxygen atoms in total. The molecule has 1 fully saturated rings. The Hall–Kier alpha value is -2.78. The largest absolute Gasteiger partial charge is 0.493 e. The maximum Gasteiger partial charge on any atom is 0.294 e. The minimum Gasteiger partial charge on any atom is -0.493 e. The van der Waals surface area contributed by atoms with Crippen LogP contribution in [0, 0.1) is 0 Å². The van der Waals surface area contributed by atoms with Crippen molar-refractivity contribution in [3.8, 4) is 11.5 Å². The summed E-state index contributed by atoms with van der Waals surface area (Å²) in [6.45, 7) is 3.47. The van der Waals surface area contributed by atoms with E-state index in [2.05, 4.69) is 21.2 Å². The van der Waals surface area contributed by atoms with Crippen molar-refractivity contribution in [2.45, 2.75) is 20.0 Å². The fourth-order valence-corrected chi connectivity index (χ4v) is 3.89. The molecule has 0 saturated carbocycles. The van der Waals surface area contributed by atoms with Crippen LogP contribution in [0.15, 0.2) is 51.8 Å². The zero-order chi connectivity index (χ0) is 22.5. The Morgan fingerprint density at radius 2 is 1.87 bits per heavy atom. The van der Waals surface area contributed by atoms with E-state index in [0.717, 1.165) is 21.1 Å². The molecule has 2 aromatic carbocycles. The molecule has 0 unspecified atom stereocenters. The number of hydrogen-bond donors (Lipinski definition) is 1. The number of imide groups is 1. The highest BCUT2D eigenvalue weighted by Gasteiger charge is 2.36. The predicted molar refractivity (Wildman–Crippen MR) is 124 cm³/mol. The van der Waals surface area contributed by atoms with E-state index in [4.69, 9.17) is 9.47 Å². The van der Waals surface area contributed by atoms with Gasteiger partial charge in [-0.25, -0.2) is 0 Å². The Morgan fingerprint density at radius 3 is 2.52 bits per heavy atom. The van der Waals surface area contributed by atoms with Crippen molar-refractivity contribution in [3.05, 3.63) is 57.4 Å². The van der Waals surface area contributed by atoms with Crippen molar-refractivity contribution in [3.63, 3.8) is 0 Å². The second kappa shape index (κ2) is 10.0. The molecule has 0 atom stereocenters. The number of methoxy groups -OCH3 is 1. The third-order valence-electron chi connectivity index (χ3n) is 4.15. The van der Waals surface area contributed by atoms with Gasteiger partial charge in [-0.3, -0.25) is 19.3 Å². The number of benzene rings is 2. The van der Waals surface area contributed by atoms with Crippen LogP contribution in [0.3, 0.4) is 0 Å². The lowest BCUT2D eigenvalue weighted by atomic mass is 10.2. The summed E-state index contributed by atoms with van der Waals surface area (Å²) in [6, 6.07) is 12.3. The molecule has 2 aromatic rings. The van der Waals surface area contributed by atoms with Crippen LogP contribution in [0.5, 0.6) is 11.5 Å². The number of carbonyl (C=O) groups excluding carboxylic acids is 3. The summed E-state index contributed by atoms with van der Waals surface area (Å²) >= 11 is 4.12. The monoisotopic (exact) mass is 504 g/mol. The molecule has 3 rings (SSSR count). The first-order valence-electron chi connectivity index (χ1n) is 9.42. The lowest BCUT2D eigenvalue weighted by Crippen LogP contribution is -2.36. The maximum absolute atomic E-state index is 12.7. The number of amides is 3. The van der Waals surface area contributed by atoms with Gasteiger partial charge in [-0.2, -0.15) is 0 Å². The van der Waals surface area contributed by atoms with Crippen LogP contribution in [-0.2, 0) is 9.59 Å². The number of ether oxygens (including phenoxy) is 2. The van der Waals surface area contributed by atoms with Crippen molar-refractivity contribution < 1.29 is 23.9 Å². The van der Waals surface area contributed by atoms with Crippen molar-refractivity contribution in [1.82, 2.24) is 4.90 Å². The predicted octanol–water partition coefficient (Wildman–Crippen LogP) is 4.92. The molecule has 31 heavy (non-hydrogen) atoms. The van der Waals surface area contributed by atoms with Gasteiger partial charge < -0.3 is 14.8 Å². The van der Waals surface area contributed by atoms with Gasteiger partial charge >= 0.3 is 0 Å². The Labute approximate surface area is 192 Å². The number of hydrogen-bond acceptors (Lipinski definition) is 6. The average molecular weight is 505 g/mol. The van der Waals surface area contributed by atoms with Crippen LogP contribution < -0.4 is 14.8 Å². The number of rotatable bonds is 7. The standard InChI is InChI=1S/C22H21BrN2O5S/c1-13(2)30-17-9-4-14(10-18(17)29-3)11-19-21(27)25(22(28)31-19)12-20(26)24-16-7-5-15(23)6-8-16/h4-11,13H,12H2,1-3H3,(H,24,26)/b19-11-. The topological polar surface area (TPSA) is 84.9 Å². The van der Waals surface area contributed by atoms with Crippen molar-refractivity contribution in [1.29, 1.82) is 0 Å². The van der Waals surface area contributed by atoms with Gasteiger partial charge in [0.15, 0.2) is 11.5 Å². The molecule has 0 spiro atoms. The van der Waals surface area contributed by atoms with Crippen LogP contribution in [0.1, 0.15) is 19.4 Å². The number of nitrogens with zero attached hydrogens (tertiary/aromatic N) is 1. The van der Waals surface area contributed by atoms with Crippen LogP contribution in [0.25, 0.3) is 6.08 Å². The Bertz CT molecular complexity index is 1040. The molecule has 3 amide bonds. The number of thioether (sulfide) groups is 1. The minimum atomic E-state index is -0.512. The highest BCUT2D eigenvalue weighted by atomic mass is 79.9. The fourth-order valence-electron chi connectivity index (χ4n) is 2.79. The summed E-state index contributed by atoms with van der Waals surface area (Å²) in [6.07, 6.45) is 1.58. The lowest BCUT2D eigenvalue weighted by Gasteiger charge is -2.14. The number of anilines is 1. The molecule has 1 heterocycles. The van der Waals surface area contributed by atoms with Crippen LogP contribution >= 0.6 is 27.7 Å². The van der Waals surface area contributed by atoms with Gasteiger partial charge in [-0.05, 0) is 73.6 Å². The smallest absolute Gasteiger partial charge is 0.294 e. The summed E-state index contributed by atoms with van der Waals surface area (Å²) in [5.41, 5.74) is 1.25. The summed E-state index contributed by atoms with van der Waals surface area (Å²) in [5, 5.41) is 2.18. The zero-order valence-corrected chi connectivity index (χ0v) is 19.6. The lowest BCUT2D eigenvalue weighted by molar-refractivity contribution is -0.127. The van der Waals surface area contributed by atoms with Gasteiger partial charge in [0.25, 0.3) is 11.1 Å². The second-order valence-electron chi connectivity index (χ2n) is 6.90. The highest BCUT2D eigenvalue weighted by Crippen LogP contribution is 2.34. The van der Waals surface area contributed by atoms with Crippen LogP contribution in [0.2, 0.25) is 0 Å². The van der Waals surface area contributed by atoms with E-state index >= 15 is 0 Å². The molecular formula is C22H21BrN2O5S. The van der Waals surface area contributed by atoms with Gasteiger partial charge in [-0.1, -0.05) is 22.0 Å². The minimum absolute atomic E-state index is 0.0141. The normalized spacial score (nSPS) is 15.0. The van der Waals surface area contributed by atoms with Crippen molar-refractivity contribution in [2.75, 3.05) is 19.0 Å². The van der Waals surface area contributed by atoms with E-state index in [-0.39, 0.29) is 17.6 Å². The molecule has 1 N–H and O–H groups in total. The van der Waals surface area contributed by atoms with Crippen LogP contribution in [0.4, 0.5) is 10.5 Å². The average Bonchev–Trinajstić information content (AvgIpc) is 2.97. The van der Waals surface area contributed by atoms with Gasteiger partial charge in [-0.15, -0.1) is 0 Å². The molecule has 1 aliphatic rings. The first kappa shape index (κ1) is 22.9. The molecule has 162 valence electrons. The Kier molecular flexibility index (Phi) is 7.40. The molecule has 1 saturated heterocycles. The summed E-state index contributed by atoms with van der Waals surface area (Å²) < 4.78 is 11.9. The molecular weight excluding hydrogens is 484 g/mol. The summed E-state index contributed by atoms with van der Waals surface area (Å²) in [5.74, 6) is 0.146. The molecule has 0 radical (unpaired) electrons. The van der Waals surface area contributed by atoms with Gasteiger partial charge in [0.1, 0.15) is 6.54 Å². The van der Waals surface area contributed by atoms with E-state index in [1.165, 1.54) is 7.11 Å². The van der Waals surface area contributed by atoms with Crippen LogP contribution in [-0.4, -0.2) is 41.7 Å². The molecule has 1 aliphatic heterocycles. The first-order chi connectivity index (χ1) is 14.8. The van der Waals surface area contributed by atoms with Gasteiger partial charge in [0, 0.05) is 10.2 Å². The highest BCUT2D eigenvalue weighted by molar-refractivity contribution is 9.10. The van der Waals surface area contributed by atoms with E-state index in [1.807, 2.05) is 13.8 Å². The third-order valence-corrected chi connectivity index (χ3v) is 5.59. The summed E-state index contributed by atoms with van der Waals surface area (Å²) in [4.78, 5) is 38.5. The molecule has 9 heteroatoms. The SMILES string of the molecule is COc1cc(/C=C2\SC(=O)N(CC(=O)Nc3ccc(Br)cc3)C2=O)ccc1OC(C)C. The van der Waals surface area contributed by atoms with E-state index in [1.54, 1.807) is 48.5 Å². The number of carbonyl (C=O) groups is 3. The number of halogens is 1. The van der Waals surface area contributed by atoms with Crippen molar-refractivity contribution >= 4 is 56.5 Å². The Balaban J connectivity index is 1.71. The second-order valence-corrected chi connectivity index (χ2v) is 8.81. The van der Waals surface area contributed by atoms with E-state index in [0.29, 0.717) is 22.7 Å². The van der Waals surface area contributed by atoms with Crippen molar-refractivity contribution in [2.24, 2.45) is 0 Å². The molecule has 0 aliphatic carbocycles.